The van der Waals surface area contributed by atoms with Gasteiger partial charge in [-0.25, -0.2) is 9.59 Å². The van der Waals surface area contributed by atoms with Crippen LogP contribution in [0.4, 0.5) is 4.79 Å². The van der Waals surface area contributed by atoms with Gasteiger partial charge in [-0.05, 0) is 47.2 Å². The first kappa shape index (κ1) is 27.5. The Labute approximate surface area is 240 Å². The van der Waals surface area contributed by atoms with Gasteiger partial charge in [0, 0.05) is 18.7 Å². The van der Waals surface area contributed by atoms with Gasteiger partial charge in [0.15, 0.2) is 0 Å². The van der Waals surface area contributed by atoms with E-state index in [9.17, 15) is 24.3 Å². The Morgan fingerprint density at radius 2 is 1.52 bits per heavy atom. The van der Waals surface area contributed by atoms with Gasteiger partial charge in [0.2, 0.25) is 0 Å². The van der Waals surface area contributed by atoms with E-state index in [4.69, 9.17) is 23.2 Å². The summed E-state index contributed by atoms with van der Waals surface area (Å²) >= 11 is 12.7. The van der Waals surface area contributed by atoms with E-state index < -0.39 is 23.9 Å². The summed E-state index contributed by atoms with van der Waals surface area (Å²) in [6.45, 7) is 0.518. The third-order valence-electron chi connectivity index (χ3n) is 7.15. The number of fused-ring (bicyclic) bond motifs is 2. The second-order valence-corrected chi connectivity index (χ2v) is 10.6. The van der Waals surface area contributed by atoms with Gasteiger partial charge in [-0.2, -0.15) is 0 Å². The van der Waals surface area contributed by atoms with Gasteiger partial charge < -0.3 is 26.0 Å². The van der Waals surface area contributed by atoms with Crippen molar-refractivity contribution in [2.75, 3.05) is 6.54 Å². The number of halogens is 2. The molecule has 4 amide bonds. The molecule has 11 heteroatoms. The van der Waals surface area contributed by atoms with Crippen LogP contribution in [-0.4, -0.2) is 46.4 Å². The molecule has 1 unspecified atom stereocenters. The first-order valence-electron chi connectivity index (χ1n) is 12.7. The van der Waals surface area contributed by atoms with Crippen molar-refractivity contribution in [3.05, 3.63) is 104 Å². The van der Waals surface area contributed by atoms with E-state index in [-0.39, 0.29) is 39.7 Å². The van der Waals surface area contributed by atoms with Crippen molar-refractivity contribution in [1.82, 2.24) is 20.9 Å². The number of carboxylic acids is 1. The van der Waals surface area contributed by atoms with Crippen molar-refractivity contribution in [3.8, 4) is 0 Å². The molecular weight excluding hydrogens is 555 g/mol. The lowest BCUT2D eigenvalue weighted by Gasteiger charge is -2.19. The number of rotatable bonds is 7. The van der Waals surface area contributed by atoms with Crippen molar-refractivity contribution in [2.45, 2.75) is 38.0 Å². The summed E-state index contributed by atoms with van der Waals surface area (Å²) in [5.41, 5.74) is 4.35. The van der Waals surface area contributed by atoms with Gasteiger partial charge in [-0.3, -0.25) is 9.59 Å². The summed E-state index contributed by atoms with van der Waals surface area (Å²) in [4.78, 5) is 52.0. The van der Waals surface area contributed by atoms with Crippen molar-refractivity contribution >= 4 is 47.0 Å². The minimum Gasteiger partial charge on any atom is -0.480 e. The fraction of sp³-hybridized carbons (Fsp3) is 0.241. The molecule has 4 N–H and O–H groups in total. The molecule has 1 aliphatic heterocycles. The van der Waals surface area contributed by atoms with Crippen LogP contribution < -0.4 is 16.0 Å². The summed E-state index contributed by atoms with van der Waals surface area (Å²) < 4.78 is 0. The minimum atomic E-state index is -1.45. The highest BCUT2D eigenvalue weighted by atomic mass is 35.5. The van der Waals surface area contributed by atoms with Crippen LogP contribution in [0.15, 0.2) is 60.7 Å². The Kier molecular flexibility index (Phi) is 7.95. The summed E-state index contributed by atoms with van der Waals surface area (Å²) in [5, 5.41) is 17.2. The second kappa shape index (κ2) is 11.6. The third-order valence-corrected chi connectivity index (χ3v) is 7.75. The fourth-order valence-corrected chi connectivity index (χ4v) is 5.77. The number of benzene rings is 3. The first-order chi connectivity index (χ1) is 19.2. The predicted molar refractivity (Wildman–Crippen MR) is 149 cm³/mol. The molecule has 3 aromatic carbocycles. The zero-order valence-electron chi connectivity index (χ0n) is 21.2. The largest absolute Gasteiger partial charge is 0.480 e. The number of aryl methyl sites for hydroxylation is 1. The maximum absolute atomic E-state index is 13.1. The molecule has 2 aliphatic rings. The van der Waals surface area contributed by atoms with Crippen LogP contribution in [0.3, 0.4) is 0 Å². The van der Waals surface area contributed by atoms with Crippen LogP contribution in [0.25, 0.3) is 0 Å². The van der Waals surface area contributed by atoms with E-state index in [1.807, 2.05) is 48.5 Å². The Balaban J connectivity index is 1.20. The van der Waals surface area contributed by atoms with Crippen molar-refractivity contribution in [1.29, 1.82) is 0 Å². The standard InChI is InChI=1S/C29H26Cl2N4O5/c30-21-11-19(27(37)35-14-17-6-1-2-7-18(17)15-35)12-22(31)25(21)26(36)33-24(28(38)39)13-32-29(40)34-23-10-9-16-5-3-4-8-20(16)23/h1-8,11-12,23-24H,9-10,13-15H2,(H,33,36)(H,38,39)(H2,32,34,40)/t23-,24?/m1/s1. The van der Waals surface area contributed by atoms with Crippen LogP contribution in [-0.2, 0) is 24.3 Å². The van der Waals surface area contributed by atoms with E-state index in [2.05, 4.69) is 16.0 Å². The summed E-state index contributed by atoms with van der Waals surface area (Å²) in [6, 6.07) is 16.0. The number of hydrogen-bond donors (Lipinski definition) is 4. The van der Waals surface area contributed by atoms with Gasteiger partial charge in [0.1, 0.15) is 6.04 Å². The monoisotopic (exact) mass is 580 g/mol. The number of hydrogen-bond acceptors (Lipinski definition) is 4. The Bertz CT molecular complexity index is 1460. The first-order valence-corrected chi connectivity index (χ1v) is 13.5. The quantitative estimate of drug-likeness (QED) is 0.331. The Hall–Kier alpha value is -4.08. The highest BCUT2D eigenvalue weighted by molar-refractivity contribution is 6.40. The summed E-state index contributed by atoms with van der Waals surface area (Å²) in [5.74, 6) is -2.50. The van der Waals surface area contributed by atoms with E-state index in [0.717, 1.165) is 35.1 Å². The van der Waals surface area contributed by atoms with Crippen molar-refractivity contribution in [3.63, 3.8) is 0 Å². The van der Waals surface area contributed by atoms with Gasteiger partial charge in [0.05, 0.1) is 28.2 Å². The van der Waals surface area contributed by atoms with Gasteiger partial charge >= 0.3 is 12.0 Å². The van der Waals surface area contributed by atoms with E-state index in [1.165, 1.54) is 12.1 Å². The summed E-state index contributed by atoms with van der Waals surface area (Å²) in [7, 11) is 0. The molecule has 0 fully saturated rings. The number of nitrogens with zero attached hydrogens (tertiary/aromatic N) is 1. The molecule has 0 aromatic heterocycles. The second-order valence-electron chi connectivity index (χ2n) is 9.75. The van der Waals surface area contributed by atoms with Crippen LogP contribution in [0.2, 0.25) is 10.0 Å². The fourth-order valence-electron chi connectivity index (χ4n) is 5.11. The molecular formula is C29H26Cl2N4O5. The van der Waals surface area contributed by atoms with Gasteiger partial charge in [-0.15, -0.1) is 0 Å². The molecule has 1 aliphatic carbocycles. The van der Waals surface area contributed by atoms with Crippen LogP contribution >= 0.6 is 23.2 Å². The lowest BCUT2D eigenvalue weighted by molar-refractivity contribution is -0.139. The predicted octanol–water partition coefficient (Wildman–Crippen LogP) is 4.32. The SMILES string of the molecule is O=C(NCC(NC(=O)c1c(Cl)cc(C(=O)N2Cc3ccccc3C2)cc1Cl)C(=O)O)N[C@@H]1CCc2ccccc21. The molecule has 2 atom stereocenters. The molecule has 0 radical (unpaired) electrons. The average Bonchev–Trinajstić information content (AvgIpc) is 3.54. The number of amides is 4. The minimum absolute atomic E-state index is 0.0974. The maximum atomic E-state index is 13.1. The molecule has 0 spiro atoms. The highest BCUT2D eigenvalue weighted by Gasteiger charge is 2.29. The molecule has 0 bridgehead atoms. The number of carbonyl (C=O) groups is 4. The molecule has 5 rings (SSSR count). The van der Waals surface area contributed by atoms with E-state index in [1.54, 1.807) is 4.90 Å². The van der Waals surface area contributed by atoms with E-state index in [0.29, 0.717) is 13.1 Å². The van der Waals surface area contributed by atoms with Crippen LogP contribution in [0.5, 0.6) is 0 Å². The van der Waals surface area contributed by atoms with E-state index >= 15 is 0 Å². The average molecular weight is 581 g/mol. The molecule has 1 heterocycles. The zero-order valence-corrected chi connectivity index (χ0v) is 22.8. The summed E-state index contributed by atoms with van der Waals surface area (Å²) in [6.07, 6.45) is 1.58. The molecule has 9 nitrogen and oxygen atoms in total. The van der Waals surface area contributed by atoms with Crippen molar-refractivity contribution in [2.24, 2.45) is 0 Å². The molecule has 0 saturated heterocycles. The third kappa shape index (κ3) is 5.76. The highest BCUT2D eigenvalue weighted by Crippen LogP contribution is 2.31. The van der Waals surface area contributed by atoms with Gasteiger partial charge in [0.25, 0.3) is 11.8 Å². The number of aliphatic carboxylic acids is 1. The number of nitrogens with one attached hydrogen (secondary N) is 3. The molecule has 3 aromatic rings. The number of urea groups is 1. The molecule has 40 heavy (non-hydrogen) atoms. The lowest BCUT2D eigenvalue weighted by Crippen LogP contribution is -2.50. The molecule has 0 saturated carbocycles. The zero-order chi connectivity index (χ0) is 28.4. The Morgan fingerprint density at radius 3 is 2.15 bits per heavy atom. The number of carbonyl (C=O) groups excluding carboxylic acids is 3. The number of carboxylic acid groups (broad SMARTS) is 1. The topological polar surface area (TPSA) is 128 Å². The van der Waals surface area contributed by atoms with Crippen LogP contribution in [0.1, 0.15) is 55.4 Å². The molecule has 206 valence electrons. The smallest absolute Gasteiger partial charge is 0.328 e. The Morgan fingerprint density at radius 1 is 0.925 bits per heavy atom. The van der Waals surface area contributed by atoms with Crippen molar-refractivity contribution < 1.29 is 24.3 Å². The normalized spacial score (nSPS) is 16.1. The van der Waals surface area contributed by atoms with Gasteiger partial charge in [-0.1, -0.05) is 71.7 Å². The lowest BCUT2D eigenvalue weighted by atomic mass is 10.1. The van der Waals surface area contributed by atoms with Crippen LogP contribution in [0, 0.1) is 0 Å². The maximum Gasteiger partial charge on any atom is 0.328 e.